The zero-order valence-electron chi connectivity index (χ0n) is 12.5. The highest BCUT2D eigenvalue weighted by atomic mass is 32.2. The molecule has 21 heavy (non-hydrogen) atoms. The van der Waals surface area contributed by atoms with Crippen LogP contribution in [0.3, 0.4) is 0 Å². The lowest BCUT2D eigenvalue weighted by Crippen LogP contribution is -2.18. The molecular formula is C13H19N5O2S. The molecule has 2 rings (SSSR count). The topological polar surface area (TPSA) is 99.8 Å². The fraction of sp³-hybridized carbons (Fsp3) is 0.385. The molecule has 0 amide bonds. The summed E-state index contributed by atoms with van der Waals surface area (Å²) >= 11 is 0. The number of nitrogens with zero attached hydrogens (tertiary/aromatic N) is 2. The predicted molar refractivity (Wildman–Crippen MR) is 80.6 cm³/mol. The van der Waals surface area contributed by atoms with E-state index in [1.165, 1.54) is 0 Å². The maximum absolute atomic E-state index is 12.5. The summed E-state index contributed by atoms with van der Waals surface area (Å²) in [6.07, 6.45) is 0. The number of anilines is 1. The number of H-pyrrole nitrogens is 1. The Morgan fingerprint density at radius 2 is 1.95 bits per heavy atom. The fourth-order valence-electron chi connectivity index (χ4n) is 2.12. The van der Waals surface area contributed by atoms with Crippen LogP contribution in [0.15, 0.2) is 17.2 Å². The minimum absolute atomic E-state index is 0.00434. The number of nitrogens with one attached hydrogen (secondary N) is 3. The van der Waals surface area contributed by atoms with Gasteiger partial charge in [-0.05, 0) is 45.5 Å². The van der Waals surface area contributed by atoms with Crippen LogP contribution >= 0.6 is 0 Å². The molecular weight excluding hydrogens is 290 g/mol. The molecule has 0 fully saturated rings. The lowest BCUT2D eigenvalue weighted by Gasteiger charge is -2.09. The Morgan fingerprint density at radius 3 is 2.57 bits per heavy atom. The van der Waals surface area contributed by atoms with E-state index in [-0.39, 0.29) is 5.03 Å². The molecule has 114 valence electrons. The minimum atomic E-state index is -3.77. The molecule has 0 saturated carbocycles. The molecule has 2 aromatic heterocycles. The smallest absolute Gasteiger partial charge is 0.282 e. The number of rotatable bonds is 5. The summed E-state index contributed by atoms with van der Waals surface area (Å²) in [5.74, 6) is 0.295. The van der Waals surface area contributed by atoms with Gasteiger partial charge >= 0.3 is 0 Å². The Bertz CT molecular complexity index is 732. The molecule has 0 aliphatic rings. The van der Waals surface area contributed by atoms with E-state index in [9.17, 15) is 8.42 Å². The van der Waals surface area contributed by atoms with Gasteiger partial charge in [-0.1, -0.05) is 0 Å². The van der Waals surface area contributed by atoms with E-state index in [4.69, 9.17) is 0 Å². The number of aromatic amines is 1. The molecule has 0 aliphatic heterocycles. The average Bonchev–Trinajstić information content (AvgIpc) is 2.70. The summed E-state index contributed by atoms with van der Waals surface area (Å²) in [5, 5.41) is 9.54. The Kier molecular flexibility index (Phi) is 4.29. The number of pyridine rings is 1. The molecule has 0 unspecified atom stereocenters. The lowest BCUT2D eigenvalue weighted by atomic mass is 10.2. The first kappa shape index (κ1) is 15.5. The van der Waals surface area contributed by atoms with Gasteiger partial charge in [0, 0.05) is 23.5 Å². The van der Waals surface area contributed by atoms with Gasteiger partial charge in [0.15, 0.2) is 0 Å². The molecule has 0 saturated heterocycles. The third-order valence-electron chi connectivity index (χ3n) is 2.98. The Hall–Kier alpha value is -1.93. The van der Waals surface area contributed by atoms with Crippen molar-refractivity contribution in [3.8, 4) is 0 Å². The van der Waals surface area contributed by atoms with Crippen molar-refractivity contribution in [1.82, 2.24) is 20.5 Å². The van der Waals surface area contributed by atoms with Gasteiger partial charge in [0.1, 0.15) is 5.82 Å². The van der Waals surface area contributed by atoms with Crippen LogP contribution in [0, 0.1) is 20.8 Å². The van der Waals surface area contributed by atoms with Crippen LogP contribution < -0.4 is 10.0 Å². The molecule has 0 aliphatic carbocycles. The number of hydrogen-bond donors (Lipinski definition) is 3. The highest BCUT2D eigenvalue weighted by Gasteiger charge is 2.24. The fourth-order valence-corrected chi connectivity index (χ4v) is 3.31. The Balaban J connectivity index is 2.38. The zero-order chi connectivity index (χ0) is 15.6. The van der Waals surface area contributed by atoms with Gasteiger partial charge in [-0.15, -0.1) is 0 Å². The molecule has 0 spiro atoms. The molecule has 2 aromatic rings. The van der Waals surface area contributed by atoms with E-state index < -0.39 is 10.0 Å². The lowest BCUT2D eigenvalue weighted by molar-refractivity contribution is 0.594. The molecule has 7 nitrogen and oxygen atoms in total. The molecule has 2 heterocycles. The van der Waals surface area contributed by atoms with Crippen LogP contribution in [0.25, 0.3) is 0 Å². The first-order valence-electron chi connectivity index (χ1n) is 6.50. The molecule has 3 N–H and O–H groups in total. The number of sulfonamides is 1. The van der Waals surface area contributed by atoms with Crippen LogP contribution in [0.2, 0.25) is 0 Å². The second-order valence-electron chi connectivity index (χ2n) is 4.94. The van der Waals surface area contributed by atoms with E-state index in [0.29, 0.717) is 17.9 Å². The van der Waals surface area contributed by atoms with E-state index in [1.807, 2.05) is 19.9 Å². The highest BCUT2D eigenvalue weighted by molar-refractivity contribution is 7.92. The van der Waals surface area contributed by atoms with Gasteiger partial charge < -0.3 is 5.32 Å². The van der Waals surface area contributed by atoms with Gasteiger partial charge in [0.2, 0.25) is 5.03 Å². The second-order valence-corrected chi connectivity index (χ2v) is 6.54. The minimum Gasteiger partial charge on any atom is -0.316 e. The van der Waals surface area contributed by atoms with Crippen LogP contribution in [-0.2, 0) is 16.6 Å². The summed E-state index contributed by atoms with van der Waals surface area (Å²) in [4.78, 5) is 4.18. The van der Waals surface area contributed by atoms with Gasteiger partial charge in [-0.3, -0.25) is 9.82 Å². The van der Waals surface area contributed by atoms with Gasteiger partial charge in [-0.2, -0.15) is 13.5 Å². The summed E-state index contributed by atoms with van der Waals surface area (Å²) < 4.78 is 27.4. The molecule has 8 heteroatoms. The summed E-state index contributed by atoms with van der Waals surface area (Å²) in [7, 11) is -2.02. The van der Waals surface area contributed by atoms with Crippen LogP contribution in [0.1, 0.15) is 22.5 Å². The molecule has 0 bridgehead atoms. The zero-order valence-corrected chi connectivity index (χ0v) is 13.3. The summed E-state index contributed by atoms with van der Waals surface area (Å²) in [6, 6.07) is 3.56. The van der Waals surface area contributed by atoms with Crippen LogP contribution in [0.5, 0.6) is 0 Å². The normalized spacial score (nSPS) is 11.6. The first-order chi connectivity index (χ1) is 9.83. The molecule has 0 atom stereocenters. The van der Waals surface area contributed by atoms with Crippen molar-refractivity contribution < 1.29 is 8.42 Å². The van der Waals surface area contributed by atoms with E-state index in [2.05, 4.69) is 25.2 Å². The number of hydrogen-bond acceptors (Lipinski definition) is 5. The quantitative estimate of drug-likeness (QED) is 0.772. The second kappa shape index (κ2) is 5.82. The Morgan fingerprint density at radius 1 is 1.24 bits per heavy atom. The van der Waals surface area contributed by atoms with Crippen molar-refractivity contribution >= 4 is 15.8 Å². The van der Waals surface area contributed by atoms with Crippen LogP contribution in [0.4, 0.5) is 5.82 Å². The van der Waals surface area contributed by atoms with E-state index >= 15 is 0 Å². The number of aryl methyl sites for hydroxylation is 3. The highest BCUT2D eigenvalue weighted by Crippen LogP contribution is 2.19. The first-order valence-corrected chi connectivity index (χ1v) is 7.98. The van der Waals surface area contributed by atoms with Crippen molar-refractivity contribution in [3.63, 3.8) is 0 Å². The van der Waals surface area contributed by atoms with Crippen molar-refractivity contribution in [2.75, 3.05) is 11.8 Å². The SMILES string of the molecule is CNCc1c(S(=O)(=O)Nc2cc(C)cc(C)n2)n[nH]c1C. The van der Waals surface area contributed by atoms with Crippen molar-refractivity contribution in [2.24, 2.45) is 0 Å². The maximum atomic E-state index is 12.5. The van der Waals surface area contributed by atoms with Crippen LogP contribution in [-0.4, -0.2) is 30.6 Å². The number of aromatic nitrogens is 3. The standard InChI is InChI=1S/C13H19N5O2S/c1-8-5-9(2)15-12(6-8)18-21(19,20)13-11(7-14-4)10(3)16-17-13/h5-6,14H,7H2,1-4H3,(H,15,18)(H,16,17). The predicted octanol–water partition coefficient (Wildman–Crippen LogP) is 1.25. The summed E-state index contributed by atoms with van der Waals surface area (Å²) in [6.45, 7) is 5.90. The van der Waals surface area contributed by atoms with E-state index in [1.54, 1.807) is 20.0 Å². The molecule has 0 aromatic carbocycles. The van der Waals surface area contributed by atoms with Gasteiger partial charge in [0.25, 0.3) is 10.0 Å². The Labute approximate surface area is 124 Å². The van der Waals surface area contributed by atoms with Gasteiger partial charge in [0.05, 0.1) is 0 Å². The van der Waals surface area contributed by atoms with Crippen molar-refractivity contribution in [2.45, 2.75) is 32.3 Å². The maximum Gasteiger partial charge on any atom is 0.282 e. The molecule has 0 radical (unpaired) electrons. The van der Waals surface area contributed by atoms with E-state index in [0.717, 1.165) is 17.0 Å². The largest absolute Gasteiger partial charge is 0.316 e. The van der Waals surface area contributed by atoms with Crippen molar-refractivity contribution in [1.29, 1.82) is 0 Å². The average molecular weight is 309 g/mol. The van der Waals surface area contributed by atoms with Crippen molar-refractivity contribution in [3.05, 3.63) is 34.6 Å². The van der Waals surface area contributed by atoms with Gasteiger partial charge in [-0.25, -0.2) is 4.98 Å². The monoisotopic (exact) mass is 309 g/mol. The third kappa shape index (κ3) is 3.40. The summed E-state index contributed by atoms with van der Waals surface area (Å²) in [5.41, 5.74) is 3.03. The third-order valence-corrected chi connectivity index (χ3v) is 4.31.